The quantitative estimate of drug-likeness (QED) is 0.700. The highest BCUT2D eigenvalue weighted by Crippen LogP contribution is 2.34. The molecule has 112 valence electrons. The van der Waals surface area contributed by atoms with Crippen molar-refractivity contribution in [2.75, 3.05) is 0 Å². The number of benzene rings is 1. The number of para-hydroxylation sites is 1. The topological polar surface area (TPSA) is 35.0 Å². The van der Waals surface area contributed by atoms with Crippen molar-refractivity contribution in [1.29, 1.82) is 0 Å². The van der Waals surface area contributed by atoms with Gasteiger partial charge in [0, 0.05) is 0 Å². The molecule has 0 aliphatic heterocycles. The second kappa shape index (κ2) is 6.19. The van der Waals surface area contributed by atoms with Gasteiger partial charge in [-0.3, -0.25) is 0 Å². The summed E-state index contributed by atoms with van der Waals surface area (Å²) in [6, 6.07) is 5.66. The van der Waals surface area contributed by atoms with Gasteiger partial charge in [-0.2, -0.15) is 0 Å². The zero-order chi connectivity index (χ0) is 15.6. The average molecular weight is 382 g/mol. The minimum absolute atomic E-state index is 0.0832. The lowest BCUT2D eigenvalue weighted by atomic mass is 10.2. The molecule has 0 fully saturated rings. The van der Waals surface area contributed by atoms with Gasteiger partial charge in [-0.1, -0.05) is 30.7 Å². The predicted molar refractivity (Wildman–Crippen MR) is 76.2 cm³/mol. The number of alkyl halides is 3. The van der Waals surface area contributed by atoms with Crippen molar-refractivity contribution in [2.45, 2.75) is 19.7 Å². The largest absolute Gasteiger partial charge is 0.573 e. The van der Waals surface area contributed by atoms with Crippen molar-refractivity contribution < 1.29 is 17.9 Å². The minimum Gasteiger partial charge on any atom is -0.405 e. The van der Waals surface area contributed by atoms with E-state index in [2.05, 4.69) is 30.6 Å². The van der Waals surface area contributed by atoms with E-state index >= 15 is 0 Å². The highest BCUT2D eigenvalue weighted by atomic mass is 79.9. The average Bonchev–Trinajstić information content (AvgIpc) is 2.40. The zero-order valence-electron chi connectivity index (χ0n) is 10.7. The van der Waals surface area contributed by atoms with Crippen molar-refractivity contribution in [3.63, 3.8) is 0 Å². The molecule has 3 nitrogen and oxygen atoms in total. The van der Waals surface area contributed by atoms with Gasteiger partial charge in [-0.05, 0) is 34.5 Å². The van der Waals surface area contributed by atoms with Gasteiger partial charge >= 0.3 is 6.36 Å². The van der Waals surface area contributed by atoms with Gasteiger partial charge in [0.25, 0.3) is 0 Å². The standard InChI is InChI=1S/C13H9BrClF3N2O/c1-2-8-10(14)11(15)20-12(19-8)7-5-3-4-6-9(7)21-13(16,17)18/h3-6H,2H2,1H3. The molecule has 0 saturated heterocycles. The molecule has 0 N–H and O–H groups in total. The lowest BCUT2D eigenvalue weighted by Crippen LogP contribution is -2.17. The lowest BCUT2D eigenvalue weighted by Gasteiger charge is -2.13. The summed E-state index contributed by atoms with van der Waals surface area (Å²) in [6.45, 7) is 1.85. The molecule has 0 aliphatic carbocycles. The molecule has 0 saturated carbocycles. The first-order valence-corrected chi connectivity index (χ1v) is 7.06. The fourth-order valence-corrected chi connectivity index (χ4v) is 2.33. The monoisotopic (exact) mass is 380 g/mol. The highest BCUT2D eigenvalue weighted by molar-refractivity contribution is 9.10. The van der Waals surface area contributed by atoms with Crippen molar-refractivity contribution in [1.82, 2.24) is 9.97 Å². The third-order valence-electron chi connectivity index (χ3n) is 2.57. The van der Waals surface area contributed by atoms with Crippen LogP contribution in [0.15, 0.2) is 28.7 Å². The van der Waals surface area contributed by atoms with Crippen LogP contribution in [-0.2, 0) is 6.42 Å². The molecule has 0 amide bonds. The van der Waals surface area contributed by atoms with Crippen LogP contribution >= 0.6 is 27.5 Å². The summed E-state index contributed by atoms with van der Waals surface area (Å²) in [7, 11) is 0. The third-order valence-corrected chi connectivity index (χ3v) is 3.90. The highest BCUT2D eigenvalue weighted by Gasteiger charge is 2.32. The van der Waals surface area contributed by atoms with Crippen LogP contribution in [-0.4, -0.2) is 16.3 Å². The molecule has 0 bridgehead atoms. The van der Waals surface area contributed by atoms with E-state index in [1.54, 1.807) is 6.07 Å². The smallest absolute Gasteiger partial charge is 0.405 e. The first kappa shape index (κ1) is 16.0. The summed E-state index contributed by atoms with van der Waals surface area (Å²) in [5.41, 5.74) is 0.728. The number of aryl methyl sites for hydroxylation is 1. The van der Waals surface area contributed by atoms with Gasteiger partial charge in [0.05, 0.1) is 15.7 Å². The van der Waals surface area contributed by atoms with E-state index in [1.807, 2.05) is 6.92 Å². The Labute approximate surface area is 132 Å². The molecule has 0 radical (unpaired) electrons. The number of rotatable bonds is 3. The predicted octanol–water partition coefficient (Wildman–Crippen LogP) is 5.02. The van der Waals surface area contributed by atoms with Crippen molar-refractivity contribution in [2.24, 2.45) is 0 Å². The molecule has 0 aliphatic rings. The van der Waals surface area contributed by atoms with Crippen molar-refractivity contribution in [3.05, 3.63) is 39.6 Å². The van der Waals surface area contributed by atoms with Crippen molar-refractivity contribution in [3.8, 4) is 17.1 Å². The Bertz CT molecular complexity index is 664. The molecule has 0 unspecified atom stereocenters. The Hall–Kier alpha value is -1.34. The normalized spacial score (nSPS) is 11.5. The Balaban J connectivity index is 2.55. The molecule has 0 spiro atoms. The third kappa shape index (κ3) is 3.85. The van der Waals surface area contributed by atoms with Crippen LogP contribution in [0.3, 0.4) is 0 Å². The van der Waals surface area contributed by atoms with Gasteiger partial charge in [0.1, 0.15) is 10.9 Å². The molecule has 1 heterocycles. The summed E-state index contributed by atoms with van der Waals surface area (Å²) in [4.78, 5) is 8.23. The fraction of sp³-hybridized carbons (Fsp3) is 0.231. The minimum atomic E-state index is -4.79. The van der Waals surface area contributed by atoms with E-state index in [9.17, 15) is 13.2 Å². The maximum Gasteiger partial charge on any atom is 0.573 e. The molecule has 1 aromatic carbocycles. The number of aromatic nitrogens is 2. The van der Waals surface area contributed by atoms with Crippen LogP contribution < -0.4 is 4.74 Å². The second-order valence-corrected chi connectivity index (χ2v) is 5.15. The van der Waals surface area contributed by atoms with Gasteiger partial charge < -0.3 is 4.74 Å². The SMILES string of the molecule is CCc1nc(-c2ccccc2OC(F)(F)F)nc(Cl)c1Br. The first-order valence-electron chi connectivity index (χ1n) is 5.89. The first-order chi connectivity index (χ1) is 9.81. The summed E-state index contributed by atoms with van der Waals surface area (Å²) in [5.74, 6) is -0.287. The van der Waals surface area contributed by atoms with Gasteiger partial charge in [-0.15, -0.1) is 13.2 Å². The Morgan fingerprint density at radius 1 is 1.24 bits per heavy atom. The van der Waals surface area contributed by atoms with Gasteiger partial charge in [0.2, 0.25) is 0 Å². The molecule has 0 atom stereocenters. The van der Waals surface area contributed by atoms with Crippen LogP contribution in [0.2, 0.25) is 5.15 Å². The van der Waals surface area contributed by atoms with Crippen LogP contribution in [0, 0.1) is 0 Å². The zero-order valence-corrected chi connectivity index (χ0v) is 13.1. The summed E-state index contributed by atoms with van der Waals surface area (Å²) >= 11 is 9.22. The van der Waals surface area contributed by atoms with Gasteiger partial charge in [-0.25, -0.2) is 9.97 Å². The fourth-order valence-electron chi connectivity index (χ4n) is 1.68. The number of nitrogens with zero attached hydrogens (tertiary/aromatic N) is 2. The van der Waals surface area contributed by atoms with E-state index in [1.165, 1.54) is 18.2 Å². The molecule has 8 heteroatoms. The van der Waals surface area contributed by atoms with E-state index in [0.29, 0.717) is 16.6 Å². The van der Waals surface area contributed by atoms with E-state index in [-0.39, 0.29) is 22.3 Å². The summed E-state index contributed by atoms with van der Waals surface area (Å²) < 4.78 is 41.8. The van der Waals surface area contributed by atoms with E-state index in [4.69, 9.17) is 11.6 Å². The number of halogens is 5. The van der Waals surface area contributed by atoms with E-state index < -0.39 is 6.36 Å². The molecule has 1 aromatic heterocycles. The molecular formula is C13H9BrClF3N2O. The summed E-state index contributed by atoms with van der Waals surface area (Å²) in [6.07, 6.45) is -4.24. The van der Waals surface area contributed by atoms with Crippen LogP contribution in [0.25, 0.3) is 11.4 Å². The van der Waals surface area contributed by atoms with Gasteiger partial charge in [0.15, 0.2) is 5.82 Å². The molecular weight excluding hydrogens is 373 g/mol. The second-order valence-electron chi connectivity index (χ2n) is 4.00. The Morgan fingerprint density at radius 2 is 1.90 bits per heavy atom. The lowest BCUT2D eigenvalue weighted by molar-refractivity contribution is -0.274. The summed E-state index contributed by atoms with van der Waals surface area (Å²) in [5, 5.41) is 0.138. The Kier molecular flexibility index (Phi) is 4.73. The van der Waals surface area contributed by atoms with Crippen LogP contribution in [0.4, 0.5) is 13.2 Å². The van der Waals surface area contributed by atoms with Crippen LogP contribution in [0.1, 0.15) is 12.6 Å². The van der Waals surface area contributed by atoms with Crippen LogP contribution in [0.5, 0.6) is 5.75 Å². The maximum absolute atomic E-state index is 12.4. The molecule has 2 aromatic rings. The Morgan fingerprint density at radius 3 is 2.52 bits per heavy atom. The van der Waals surface area contributed by atoms with Crippen molar-refractivity contribution >= 4 is 27.5 Å². The molecule has 2 rings (SSSR count). The number of ether oxygens (including phenoxy) is 1. The number of hydrogen-bond donors (Lipinski definition) is 0. The van der Waals surface area contributed by atoms with E-state index in [0.717, 1.165) is 0 Å². The molecule has 21 heavy (non-hydrogen) atoms. The maximum atomic E-state index is 12.4. The number of hydrogen-bond acceptors (Lipinski definition) is 3.